The average molecular weight is 291 g/mol. The highest BCUT2D eigenvalue weighted by molar-refractivity contribution is 5.54. The Balaban J connectivity index is 2.61. The molecule has 0 heterocycles. The van der Waals surface area contributed by atoms with Gasteiger partial charge in [0.1, 0.15) is 0 Å². The van der Waals surface area contributed by atoms with Gasteiger partial charge in [0, 0.05) is 11.1 Å². The topological polar surface area (TPSA) is 44.5 Å². The molecule has 3 heteroatoms. The minimum Gasteiger partial charge on any atom is -0.493 e. The van der Waals surface area contributed by atoms with Crippen LogP contribution in [0.4, 0.5) is 0 Å². The summed E-state index contributed by atoms with van der Waals surface area (Å²) in [7, 11) is 3.39. The maximum Gasteiger partial charge on any atom is 0.165 e. The van der Waals surface area contributed by atoms with Gasteiger partial charge in [-0.25, -0.2) is 0 Å². The average Bonchev–Trinajstić information content (AvgIpc) is 2.45. The van der Waals surface area contributed by atoms with Gasteiger partial charge in [0.05, 0.1) is 14.2 Å². The van der Waals surface area contributed by atoms with E-state index in [0.29, 0.717) is 0 Å². The van der Waals surface area contributed by atoms with Gasteiger partial charge in [-0.05, 0) is 36.0 Å². The number of rotatable bonds is 3. The van der Waals surface area contributed by atoms with E-state index < -0.39 is 0 Å². The molecule has 1 aliphatic rings. The van der Waals surface area contributed by atoms with Crippen molar-refractivity contribution in [1.29, 1.82) is 0 Å². The zero-order valence-corrected chi connectivity index (χ0v) is 14.1. The summed E-state index contributed by atoms with van der Waals surface area (Å²) in [6, 6.07) is 4.31. The van der Waals surface area contributed by atoms with Crippen molar-refractivity contribution in [2.45, 2.75) is 63.8 Å². The van der Waals surface area contributed by atoms with E-state index in [4.69, 9.17) is 15.2 Å². The molecule has 1 saturated carbocycles. The molecule has 0 unspecified atom stereocenters. The minimum absolute atomic E-state index is 0.0549. The van der Waals surface area contributed by atoms with Crippen LogP contribution in [0, 0.1) is 0 Å². The summed E-state index contributed by atoms with van der Waals surface area (Å²) in [6.45, 7) is 6.63. The van der Waals surface area contributed by atoms with Crippen LogP contribution in [0.15, 0.2) is 12.1 Å². The Morgan fingerprint density at radius 3 is 2.10 bits per heavy atom. The Bertz CT molecular complexity index is 497. The van der Waals surface area contributed by atoms with Crippen LogP contribution in [0.1, 0.15) is 64.0 Å². The number of nitrogens with two attached hydrogens (primary N) is 1. The summed E-state index contributed by atoms with van der Waals surface area (Å²) >= 11 is 0. The molecule has 0 saturated heterocycles. The number of hydrogen-bond donors (Lipinski definition) is 1. The van der Waals surface area contributed by atoms with E-state index in [1.807, 2.05) is 0 Å². The van der Waals surface area contributed by atoms with Gasteiger partial charge in [0.2, 0.25) is 0 Å². The second kappa shape index (κ2) is 5.88. The van der Waals surface area contributed by atoms with E-state index in [1.54, 1.807) is 14.2 Å². The standard InChI is InChI=1S/C18H29NO2/c1-17(2,3)13-11-14(16(21-5)15(12-13)20-4)18(19)9-7-6-8-10-18/h11-12H,6-10,19H2,1-5H3. The first-order valence-electron chi connectivity index (χ1n) is 7.88. The highest BCUT2D eigenvalue weighted by atomic mass is 16.5. The Morgan fingerprint density at radius 2 is 1.62 bits per heavy atom. The SMILES string of the molecule is COc1cc(C(C)(C)C)cc(C2(N)CCCCC2)c1OC. The second-order valence-electron chi connectivity index (χ2n) is 7.23. The zero-order chi connectivity index (χ0) is 15.7. The quantitative estimate of drug-likeness (QED) is 0.911. The van der Waals surface area contributed by atoms with Crippen LogP contribution < -0.4 is 15.2 Å². The predicted octanol–water partition coefficient (Wildman–Crippen LogP) is 4.12. The second-order valence-corrected chi connectivity index (χ2v) is 7.23. The van der Waals surface area contributed by atoms with Gasteiger partial charge in [-0.2, -0.15) is 0 Å². The zero-order valence-electron chi connectivity index (χ0n) is 14.1. The molecule has 1 aliphatic carbocycles. The van der Waals surface area contributed by atoms with E-state index in [-0.39, 0.29) is 11.0 Å². The third-order valence-corrected chi connectivity index (χ3v) is 4.63. The largest absolute Gasteiger partial charge is 0.493 e. The van der Waals surface area contributed by atoms with E-state index in [2.05, 4.69) is 32.9 Å². The van der Waals surface area contributed by atoms with Gasteiger partial charge >= 0.3 is 0 Å². The summed E-state index contributed by atoms with van der Waals surface area (Å²) in [4.78, 5) is 0. The van der Waals surface area contributed by atoms with Crippen LogP contribution in [-0.2, 0) is 11.0 Å². The van der Waals surface area contributed by atoms with Crippen molar-refractivity contribution >= 4 is 0 Å². The highest BCUT2D eigenvalue weighted by Gasteiger charge is 2.34. The molecule has 0 aliphatic heterocycles. The molecule has 0 spiro atoms. The van der Waals surface area contributed by atoms with Crippen molar-refractivity contribution in [2.24, 2.45) is 5.73 Å². The molecular formula is C18H29NO2. The molecule has 1 aromatic rings. The van der Waals surface area contributed by atoms with Crippen LogP contribution in [0.2, 0.25) is 0 Å². The number of benzene rings is 1. The number of ether oxygens (including phenoxy) is 2. The first kappa shape index (κ1) is 16.2. The first-order chi connectivity index (χ1) is 9.81. The van der Waals surface area contributed by atoms with Crippen molar-refractivity contribution in [3.63, 3.8) is 0 Å². The van der Waals surface area contributed by atoms with E-state index in [0.717, 1.165) is 29.9 Å². The summed E-state index contributed by atoms with van der Waals surface area (Å²) < 4.78 is 11.2. The lowest BCUT2D eigenvalue weighted by atomic mass is 9.75. The van der Waals surface area contributed by atoms with E-state index >= 15 is 0 Å². The molecule has 118 valence electrons. The number of methoxy groups -OCH3 is 2. The maximum atomic E-state index is 6.76. The van der Waals surface area contributed by atoms with Gasteiger partial charge in [-0.3, -0.25) is 0 Å². The third-order valence-electron chi connectivity index (χ3n) is 4.63. The van der Waals surface area contributed by atoms with Crippen LogP contribution in [0.3, 0.4) is 0 Å². The third kappa shape index (κ3) is 3.18. The van der Waals surface area contributed by atoms with Gasteiger partial charge in [-0.15, -0.1) is 0 Å². The summed E-state index contributed by atoms with van der Waals surface area (Å²) in [5.41, 5.74) is 8.87. The van der Waals surface area contributed by atoms with E-state index in [1.165, 1.54) is 24.8 Å². The molecular weight excluding hydrogens is 262 g/mol. The first-order valence-corrected chi connectivity index (χ1v) is 7.88. The minimum atomic E-state index is -0.294. The fraction of sp³-hybridized carbons (Fsp3) is 0.667. The molecule has 1 fully saturated rings. The summed E-state index contributed by atoms with van der Waals surface area (Å²) in [5.74, 6) is 1.59. The van der Waals surface area contributed by atoms with Crippen molar-refractivity contribution < 1.29 is 9.47 Å². The molecule has 1 aromatic carbocycles. The summed E-state index contributed by atoms with van der Waals surface area (Å²) in [5, 5.41) is 0. The van der Waals surface area contributed by atoms with Crippen molar-refractivity contribution in [3.8, 4) is 11.5 Å². The maximum absolute atomic E-state index is 6.76. The molecule has 3 nitrogen and oxygen atoms in total. The van der Waals surface area contributed by atoms with Crippen molar-refractivity contribution in [2.75, 3.05) is 14.2 Å². The normalized spacial score (nSPS) is 18.4. The van der Waals surface area contributed by atoms with Gasteiger partial charge < -0.3 is 15.2 Å². The molecule has 0 aromatic heterocycles. The molecule has 0 radical (unpaired) electrons. The predicted molar refractivity (Wildman–Crippen MR) is 87.2 cm³/mol. The fourth-order valence-electron chi connectivity index (χ4n) is 3.22. The Kier molecular flexibility index (Phi) is 4.52. The molecule has 0 bridgehead atoms. The van der Waals surface area contributed by atoms with Gasteiger partial charge in [0.25, 0.3) is 0 Å². The lowest BCUT2D eigenvalue weighted by Gasteiger charge is -2.36. The Labute approximate surface area is 128 Å². The lowest BCUT2D eigenvalue weighted by Crippen LogP contribution is -2.39. The van der Waals surface area contributed by atoms with Crippen LogP contribution in [0.5, 0.6) is 11.5 Å². The van der Waals surface area contributed by atoms with Crippen molar-refractivity contribution in [3.05, 3.63) is 23.3 Å². The van der Waals surface area contributed by atoms with Crippen molar-refractivity contribution in [1.82, 2.24) is 0 Å². The summed E-state index contributed by atoms with van der Waals surface area (Å²) in [6.07, 6.45) is 5.67. The molecule has 2 rings (SSSR count). The smallest absolute Gasteiger partial charge is 0.165 e. The van der Waals surface area contributed by atoms with E-state index in [9.17, 15) is 0 Å². The molecule has 2 N–H and O–H groups in total. The van der Waals surface area contributed by atoms with Gasteiger partial charge in [-0.1, -0.05) is 40.0 Å². The van der Waals surface area contributed by atoms with Gasteiger partial charge in [0.15, 0.2) is 11.5 Å². The monoisotopic (exact) mass is 291 g/mol. The molecule has 21 heavy (non-hydrogen) atoms. The van der Waals surface area contributed by atoms with Crippen LogP contribution in [-0.4, -0.2) is 14.2 Å². The molecule has 0 atom stereocenters. The van der Waals surface area contributed by atoms with Crippen LogP contribution in [0.25, 0.3) is 0 Å². The lowest BCUT2D eigenvalue weighted by molar-refractivity contribution is 0.281. The highest BCUT2D eigenvalue weighted by Crippen LogP contribution is 2.45. The Morgan fingerprint density at radius 1 is 1.00 bits per heavy atom. The molecule has 0 amide bonds. The Hall–Kier alpha value is -1.22. The fourth-order valence-corrected chi connectivity index (χ4v) is 3.22. The van der Waals surface area contributed by atoms with Crippen LogP contribution >= 0.6 is 0 Å². The number of hydrogen-bond acceptors (Lipinski definition) is 3.